The lowest BCUT2D eigenvalue weighted by molar-refractivity contribution is 0.0738. The van der Waals surface area contributed by atoms with Crippen molar-refractivity contribution in [3.63, 3.8) is 0 Å². The highest BCUT2D eigenvalue weighted by molar-refractivity contribution is 4.81. The molecule has 0 aromatic carbocycles. The largest absolute Gasteiger partial charge is 0.392 e. The van der Waals surface area contributed by atoms with E-state index in [1.165, 1.54) is 0 Å². The molecule has 3 N–H and O–H groups in total. The predicted molar refractivity (Wildman–Crippen MR) is 62.8 cm³/mol. The quantitative estimate of drug-likeness (QED) is 0.677. The highest BCUT2D eigenvalue weighted by Gasteiger charge is 2.21. The summed E-state index contributed by atoms with van der Waals surface area (Å²) in [6, 6.07) is 0. The van der Waals surface area contributed by atoms with Crippen LogP contribution in [0.25, 0.3) is 0 Å². The Bertz CT molecular complexity index is 181. The molecule has 1 heterocycles. The number of nitrogens with zero attached hydrogens (tertiary/aromatic N) is 2. The summed E-state index contributed by atoms with van der Waals surface area (Å²) in [6.45, 7) is 11.9. The highest BCUT2D eigenvalue weighted by atomic mass is 16.3. The zero-order valence-corrected chi connectivity index (χ0v) is 10.2. The molecule has 4 nitrogen and oxygen atoms in total. The maximum Gasteiger partial charge on any atom is 0.0639 e. The minimum absolute atomic E-state index is 0.105. The number of rotatable bonds is 4. The predicted octanol–water partition coefficient (Wildman–Crippen LogP) is -0.278. The van der Waals surface area contributed by atoms with Gasteiger partial charge in [-0.15, -0.1) is 0 Å². The molecule has 0 aromatic rings. The molecule has 4 heteroatoms. The van der Waals surface area contributed by atoms with Crippen LogP contribution >= 0.6 is 0 Å². The Morgan fingerprint density at radius 2 is 1.67 bits per heavy atom. The summed E-state index contributed by atoms with van der Waals surface area (Å²) in [5, 5.41) is 9.28. The second-order valence-electron chi connectivity index (χ2n) is 5.41. The Kier molecular flexibility index (Phi) is 4.52. The van der Waals surface area contributed by atoms with Gasteiger partial charge in [0.2, 0.25) is 0 Å². The van der Waals surface area contributed by atoms with E-state index in [0.29, 0.717) is 0 Å². The van der Waals surface area contributed by atoms with Crippen LogP contribution in [0.3, 0.4) is 0 Å². The van der Waals surface area contributed by atoms with Gasteiger partial charge in [0.1, 0.15) is 0 Å². The topological polar surface area (TPSA) is 52.7 Å². The smallest absolute Gasteiger partial charge is 0.0639 e. The zero-order chi connectivity index (χ0) is 11.5. The van der Waals surface area contributed by atoms with Crippen LogP contribution in [0.15, 0.2) is 0 Å². The van der Waals surface area contributed by atoms with Crippen LogP contribution in [-0.2, 0) is 0 Å². The third kappa shape index (κ3) is 5.47. The van der Waals surface area contributed by atoms with E-state index >= 15 is 0 Å². The molecule has 1 fully saturated rings. The van der Waals surface area contributed by atoms with Crippen LogP contribution < -0.4 is 5.73 Å². The molecule has 1 saturated heterocycles. The van der Waals surface area contributed by atoms with Gasteiger partial charge in [-0.2, -0.15) is 0 Å². The first-order chi connectivity index (χ1) is 6.87. The first-order valence-electron chi connectivity index (χ1n) is 5.78. The average Bonchev–Trinajstić information content (AvgIpc) is 2.05. The van der Waals surface area contributed by atoms with Gasteiger partial charge in [0.05, 0.1) is 6.10 Å². The molecule has 1 aliphatic rings. The standard InChI is InChI=1S/C11H25N3O/c1-10(15)8-13-4-6-14(7-5-13)9-11(2,3)12/h10,15H,4-9,12H2,1-3H3/t10-/m0/s1. The van der Waals surface area contributed by atoms with Crippen molar-refractivity contribution >= 4 is 0 Å². The summed E-state index contributed by atoms with van der Waals surface area (Å²) in [5.74, 6) is 0. The molecular weight excluding hydrogens is 190 g/mol. The SMILES string of the molecule is C[C@H](O)CN1CCN(CC(C)(C)N)CC1. The van der Waals surface area contributed by atoms with Crippen molar-refractivity contribution in [1.29, 1.82) is 0 Å². The summed E-state index contributed by atoms with van der Waals surface area (Å²) < 4.78 is 0. The summed E-state index contributed by atoms with van der Waals surface area (Å²) in [6.07, 6.45) is -0.220. The van der Waals surface area contributed by atoms with Crippen molar-refractivity contribution in [2.45, 2.75) is 32.4 Å². The fraction of sp³-hybridized carbons (Fsp3) is 1.00. The average molecular weight is 215 g/mol. The van der Waals surface area contributed by atoms with Gasteiger partial charge in [0.25, 0.3) is 0 Å². The summed E-state index contributed by atoms with van der Waals surface area (Å²) in [4.78, 5) is 4.71. The Hall–Kier alpha value is -0.160. The monoisotopic (exact) mass is 215 g/mol. The Balaban J connectivity index is 2.24. The van der Waals surface area contributed by atoms with Crippen LogP contribution in [0.2, 0.25) is 0 Å². The molecule has 1 atom stereocenters. The Labute approximate surface area is 93.0 Å². The Morgan fingerprint density at radius 3 is 2.07 bits per heavy atom. The van der Waals surface area contributed by atoms with Crippen molar-refractivity contribution in [2.24, 2.45) is 5.73 Å². The molecule has 15 heavy (non-hydrogen) atoms. The van der Waals surface area contributed by atoms with E-state index in [-0.39, 0.29) is 11.6 Å². The second-order valence-corrected chi connectivity index (χ2v) is 5.41. The molecule has 0 amide bonds. The zero-order valence-electron chi connectivity index (χ0n) is 10.2. The summed E-state index contributed by atoms with van der Waals surface area (Å²) in [5.41, 5.74) is 5.88. The minimum atomic E-state index is -0.220. The fourth-order valence-corrected chi connectivity index (χ4v) is 2.08. The van der Waals surface area contributed by atoms with Crippen LogP contribution in [0, 0.1) is 0 Å². The van der Waals surface area contributed by atoms with Crippen molar-refractivity contribution < 1.29 is 5.11 Å². The molecule has 0 aliphatic carbocycles. The van der Waals surface area contributed by atoms with Gasteiger partial charge in [-0.1, -0.05) is 0 Å². The third-order valence-corrected chi connectivity index (χ3v) is 2.62. The van der Waals surface area contributed by atoms with E-state index in [4.69, 9.17) is 5.73 Å². The maximum absolute atomic E-state index is 9.28. The van der Waals surface area contributed by atoms with Gasteiger partial charge in [-0.25, -0.2) is 0 Å². The van der Waals surface area contributed by atoms with E-state index < -0.39 is 0 Å². The van der Waals surface area contributed by atoms with Gasteiger partial charge in [0.15, 0.2) is 0 Å². The van der Waals surface area contributed by atoms with Gasteiger partial charge >= 0.3 is 0 Å². The third-order valence-electron chi connectivity index (χ3n) is 2.62. The lowest BCUT2D eigenvalue weighted by Crippen LogP contribution is -2.53. The summed E-state index contributed by atoms with van der Waals surface area (Å²) >= 11 is 0. The van der Waals surface area contributed by atoms with E-state index in [1.54, 1.807) is 0 Å². The molecule has 0 unspecified atom stereocenters. The lowest BCUT2D eigenvalue weighted by Gasteiger charge is -2.38. The number of nitrogens with two attached hydrogens (primary N) is 1. The number of hydrogen-bond acceptors (Lipinski definition) is 4. The van der Waals surface area contributed by atoms with Crippen LogP contribution in [0.1, 0.15) is 20.8 Å². The van der Waals surface area contributed by atoms with Crippen LogP contribution in [-0.4, -0.2) is 65.8 Å². The van der Waals surface area contributed by atoms with Crippen LogP contribution in [0.5, 0.6) is 0 Å². The summed E-state index contributed by atoms with van der Waals surface area (Å²) in [7, 11) is 0. The van der Waals surface area contributed by atoms with Gasteiger partial charge < -0.3 is 10.8 Å². The number of piperazine rings is 1. The molecule has 1 aliphatic heterocycles. The molecule has 0 bridgehead atoms. The first kappa shape index (κ1) is 12.9. The van der Waals surface area contributed by atoms with Crippen molar-refractivity contribution in [3.8, 4) is 0 Å². The molecule has 0 radical (unpaired) electrons. The van der Waals surface area contributed by atoms with Gasteiger partial charge in [-0.3, -0.25) is 9.80 Å². The van der Waals surface area contributed by atoms with Crippen LogP contribution in [0.4, 0.5) is 0 Å². The van der Waals surface area contributed by atoms with Crippen molar-refractivity contribution in [1.82, 2.24) is 9.80 Å². The minimum Gasteiger partial charge on any atom is -0.392 e. The van der Waals surface area contributed by atoms with E-state index in [2.05, 4.69) is 23.6 Å². The molecule has 0 spiro atoms. The maximum atomic E-state index is 9.28. The number of aliphatic hydroxyl groups is 1. The van der Waals surface area contributed by atoms with Crippen molar-refractivity contribution in [3.05, 3.63) is 0 Å². The van der Waals surface area contributed by atoms with E-state index in [0.717, 1.165) is 39.3 Å². The highest BCUT2D eigenvalue weighted by Crippen LogP contribution is 2.07. The van der Waals surface area contributed by atoms with Crippen molar-refractivity contribution in [2.75, 3.05) is 39.3 Å². The fourth-order valence-electron chi connectivity index (χ4n) is 2.08. The Morgan fingerprint density at radius 1 is 1.20 bits per heavy atom. The number of hydrogen-bond donors (Lipinski definition) is 2. The van der Waals surface area contributed by atoms with Gasteiger partial charge in [0, 0.05) is 44.8 Å². The lowest BCUT2D eigenvalue weighted by atomic mass is 10.1. The number of aliphatic hydroxyl groups excluding tert-OH is 1. The van der Waals surface area contributed by atoms with E-state index in [9.17, 15) is 5.11 Å². The second kappa shape index (κ2) is 5.25. The molecule has 1 rings (SSSR count). The van der Waals surface area contributed by atoms with Gasteiger partial charge in [-0.05, 0) is 20.8 Å². The first-order valence-corrected chi connectivity index (χ1v) is 5.78. The normalized spacial score (nSPS) is 23.0. The number of β-amino-alcohol motifs (C(OH)–C–C–N with tert-alkyl or cyclic N) is 1. The molecule has 90 valence electrons. The molecular formula is C11H25N3O. The molecule has 0 aromatic heterocycles. The molecule has 0 saturated carbocycles. The van der Waals surface area contributed by atoms with E-state index in [1.807, 2.05) is 6.92 Å².